The third-order valence-corrected chi connectivity index (χ3v) is 13.3. The second-order valence-electron chi connectivity index (χ2n) is 16.4. The molecule has 0 spiro atoms. The summed E-state index contributed by atoms with van der Waals surface area (Å²) in [5.41, 5.74) is 11.4. The summed E-state index contributed by atoms with van der Waals surface area (Å²) in [4.78, 5) is 26.0. The Labute approximate surface area is 343 Å². The topological polar surface area (TPSA) is 64.5 Å². The van der Waals surface area contributed by atoms with Gasteiger partial charge in [-0.3, -0.25) is 0 Å². The molecule has 3 aliphatic rings. The first kappa shape index (κ1) is 34.0. The Bertz CT molecular complexity index is 3010. The number of aromatic nitrogens is 5. The molecule has 5 nitrogen and oxygen atoms in total. The number of hydrogen-bond acceptors (Lipinski definition) is 5. The van der Waals surface area contributed by atoms with Crippen LogP contribution in [0.1, 0.15) is 24.3 Å². The van der Waals surface area contributed by atoms with E-state index in [1.807, 2.05) is 48.5 Å². The SMILES string of the molecule is c1ccc(-c2nc(-c3ccc(C4C5CC6CC4C65)cc3)cc(-c3cccc4c(-c5nc(-c6ccccc6)nc(-c6ccccc6-c6ccccc6)n5)cccc34)n2)cc1. The van der Waals surface area contributed by atoms with Crippen molar-refractivity contribution >= 4 is 10.8 Å². The molecule has 3 aliphatic carbocycles. The molecule has 3 fully saturated rings. The smallest absolute Gasteiger partial charge is 0.164 e. The van der Waals surface area contributed by atoms with Crippen LogP contribution in [0.2, 0.25) is 0 Å². The fourth-order valence-corrected chi connectivity index (χ4v) is 10.4. The molecule has 2 atom stereocenters. The van der Waals surface area contributed by atoms with Crippen molar-refractivity contribution in [3.63, 3.8) is 0 Å². The number of nitrogens with zero attached hydrogens (tertiary/aromatic N) is 5. The highest BCUT2D eigenvalue weighted by atomic mass is 15.0. The average molecular weight is 758 g/mol. The van der Waals surface area contributed by atoms with Gasteiger partial charge in [0, 0.05) is 33.4 Å². The molecule has 0 radical (unpaired) electrons. The lowest BCUT2D eigenvalue weighted by Crippen LogP contribution is -2.65. The first-order chi connectivity index (χ1) is 29.2. The largest absolute Gasteiger partial charge is 0.228 e. The number of fused-ring (bicyclic) bond motifs is 1. The fraction of sp³-hybridized carbons (Fsp3) is 0.130. The van der Waals surface area contributed by atoms with Gasteiger partial charge in [0.1, 0.15) is 0 Å². The summed E-state index contributed by atoms with van der Waals surface area (Å²) in [6.45, 7) is 0. The Kier molecular flexibility index (Phi) is 7.93. The van der Waals surface area contributed by atoms with Gasteiger partial charge >= 0.3 is 0 Å². The van der Waals surface area contributed by atoms with Gasteiger partial charge in [0.15, 0.2) is 23.3 Å². The van der Waals surface area contributed by atoms with Crippen LogP contribution in [0.5, 0.6) is 0 Å². The monoisotopic (exact) mass is 757 g/mol. The van der Waals surface area contributed by atoms with E-state index >= 15 is 0 Å². The number of hydrogen-bond donors (Lipinski definition) is 0. The third-order valence-electron chi connectivity index (χ3n) is 13.3. The molecule has 2 aromatic heterocycles. The zero-order valence-electron chi connectivity index (χ0n) is 32.4. The standard InChI is InChI=1S/C54H39N5/c1-4-14-33(15-5-1)39-20-10-11-21-43(39)53-57-52(37-18-8-3-9-19-37)58-54(59-53)44-25-13-22-40-41(44)23-12-24-42(40)48-32-47(55-51(56-48)36-16-6-2-7-17-36)34-26-28-35(29-27-34)49-45-30-38-31-46(49)50(38)45/h1-29,32,38,45-46,49-50H,30-31H2. The molecular weight excluding hydrogens is 719 g/mol. The van der Waals surface area contributed by atoms with Crippen LogP contribution in [0.3, 0.4) is 0 Å². The van der Waals surface area contributed by atoms with Crippen molar-refractivity contribution in [2.45, 2.75) is 18.8 Å². The molecule has 2 unspecified atom stereocenters. The molecule has 7 aromatic carbocycles. The number of benzene rings is 7. The van der Waals surface area contributed by atoms with E-state index in [-0.39, 0.29) is 0 Å². The molecule has 12 rings (SSSR count). The van der Waals surface area contributed by atoms with Crippen molar-refractivity contribution in [3.05, 3.63) is 188 Å². The summed E-state index contributed by atoms with van der Waals surface area (Å²) in [7, 11) is 0. The average Bonchev–Trinajstić information content (AvgIpc) is 3.31. The maximum absolute atomic E-state index is 5.25. The van der Waals surface area contributed by atoms with E-state index in [2.05, 4.69) is 133 Å². The summed E-state index contributed by atoms with van der Waals surface area (Å²) < 4.78 is 0. The van der Waals surface area contributed by atoms with Crippen molar-refractivity contribution in [1.29, 1.82) is 0 Å². The van der Waals surface area contributed by atoms with E-state index in [0.29, 0.717) is 23.3 Å². The predicted molar refractivity (Wildman–Crippen MR) is 237 cm³/mol. The lowest BCUT2D eigenvalue weighted by molar-refractivity contribution is -0.214. The maximum Gasteiger partial charge on any atom is 0.164 e. The summed E-state index contributed by atoms with van der Waals surface area (Å²) >= 11 is 0. The molecule has 3 saturated carbocycles. The Hall–Kier alpha value is -7.11. The lowest BCUT2D eigenvalue weighted by atomic mass is 9.31. The van der Waals surface area contributed by atoms with Crippen molar-refractivity contribution in [2.75, 3.05) is 0 Å². The van der Waals surface area contributed by atoms with Crippen LogP contribution in [0.15, 0.2) is 182 Å². The molecule has 2 heterocycles. The minimum atomic E-state index is 0.616. The van der Waals surface area contributed by atoms with Gasteiger partial charge in [0.05, 0.1) is 11.4 Å². The van der Waals surface area contributed by atoms with Crippen LogP contribution in [-0.4, -0.2) is 24.9 Å². The minimum absolute atomic E-state index is 0.616. The Balaban J connectivity index is 0.992. The van der Waals surface area contributed by atoms with Gasteiger partial charge in [-0.25, -0.2) is 24.9 Å². The first-order valence-electron chi connectivity index (χ1n) is 20.8. The van der Waals surface area contributed by atoms with Crippen LogP contribution < -0.4 is 0 Å². The molecular formula is C54H39N5. The Morgan fingerprint density at radius 3 is 1.46 bits per heavy atom. The van der Waals surface area contributed by atoms with E-state index in [4.69, 9.17) is 24.9 Å². The maximum atomic E-state index is 5.25. The fourth-order valence-electron chi connectivity index (χ4n) is 10.4. The Morgan fingerprint density at radius 1 is 0.339 bits per heavy atom. The second kappa shape index (κ2) is 13.8. The van der Waals surface area contributed by atoms with Crippen molar-refractivity contribution < 1.29 is 0 Å². The summed E-state index contributed by atoms with van der Waals surface area (Å²) in [6, 6.07) is 63.5. The minimum Gasteiger partial charge on any atom is -0.228 e. The second-order valence-corrected chi connectivity index (χ2v) is 16.4. The quantitative estimate of drug-likeness (QED) is 0.154. The molecule has 0 aliphatic heterocycles. The molecule has 5 heteroatoms. The highest BCUT2D eigenvalue weighted by Crippen LogP contribution is 2.75. The van der Waals surface area contributed by atoms with E-state index < -0.39 is 0 Å². The highest BCUT2D eigenvalue weighted by Gasteiger charge is 2.67. The van der Waals surface area contributed by atoms with Gasteiger partial charge in [-0.05, 0) is 76.0 Å². The molecule has 9 aromatic rings. The summed E-state index contributed by atoms with van der Waals surface area (Å²) in [6.07, 6.45) is 2.86. The van der Waals surface area contributed by atoms with E-state index in [1.165, 1.54) is 18.4 Å². The lowest BCUT2D eigenvalue weighted by Gasteiger charge is -2.73. The van der Waals surface area contributed by atoms with Gasteiger partial charge in [-0.15, -0.1) is 0 Å². The van der Waals surface area contributed by atoms with Crippen LogP contribution >= 0.6 is 0 Å². The molecule has 59 heavy (non-hydrogen) atoms. The third kappa shape index (κ3) is 5.72. The van der Waals surface area contributed by atoms with Crippen molar-refractivity contribution in [2.24, 2.45) is 23.7 Å². The van der Waals surface area contributed by atoms with Crippen molar-refractivity contribution in [3.8, 4) is 79.2 Å². The molecule has 280 valence electrons. The Morgan fingerprint density at radius 2 is 0.831 bits per heavy atom. The van der Waals surface area contributed by atoms with Crippen LogP contribution in [0.25, 0.3) is 90.0 Å². The van der Waals surface area contributed by atoms with Gasteiger partial charge in [0.25, 0.3) is 0 Å². The van der Waals surface area contributed by atoms with E-state index in [9.17, 15) is 0 Å². The van der Waals surface area contributed by atoms with E-state index in [0.717, 1.165) is 96.3 Å². The van der Waals surface area contributed by atoms with Crippen LogP contribution in [0.4, 0.5) is 0 Å². The van der Waals surface area contributed by atoms with Gasteiger partial charge in [0.2, 0.25) is 0 Å². The van der Waals surface area contributed by atoms with Crippen molar-refractivity contribution in [1.82, 2.24) is 24.9 Å². The predicted octanol–water partition coefficient (Wildman–Crippen LogP) is 12.9. The zero-order chi connectivity index (χ0) is 38.9. The first-order valence-corrected chi connectivity index (χ1v) is 20.8. The van der Waals surface area contributed by atoms with Gasteiger partial charge < -0.3 is 0 Å². The zero-order valence-corrected chi connectivity index (χ0v) is 32.4. The van der Waals surface area contributed by atoms with Crippen LogP contribution in [-0.2, 0) is 0 Å². The van der Waals surface area contributed by atoms with E-state index in [1.54, 1.807) is 0 Å². The molecule has 0 saturated heterocycles. The molecule has 0 amide bonds. The highest BCUT2D eigenvalue weighted by molar-refractivity contribution is 6.03. The normalized spacial score (nSPS) is 19.9. The van der Waals surface area contributed by atoms with Crippen LogP contribution in [0, 0.1) is 23.7 Å². The molecule has 0 N–H and O–H groups in total. The molecule has 0 bridgehead atoms. The van der Waals surface area contributed by atoms with Gasteiger partial charge in [-0.1, -0.05) is 176 Å². The summed E-state index contributed by atoms with van der Waals surface area (Å²) in [5.74, 6) is 7.20. The number of rotatable bonds is 8. The van der Waals surface area contributed by atoms with Gasteiger partial charge in [-0.2, -0.15) is 0 Å². The summed E-state index contributed by atoms with van der Waals surface area (Å²) in [5, 5.41) is 2.10.